The molecule has 6 nitrogen and oxygen atoms in total. The van der Waals surface area contributed by atoms with Crippen LogP contribution in [0.3, 0.4) is 0 Å². The van der Waals surface area contributed by atoms with Crippen LogP contribution in [0.25, 0.3) is 0 Å². The number of benzene rings is 1. The Hall–Kier alpha value is -2.10. The van der Waals surface area contributed by atoms with Crippen LogP contribution >= 0.6 is 0 Å². The van der Waals surface area contributed by atoms with Gasteiger partial charge >= 0.3 is 0 Å². The summed E-state index contributed by atoms with van der Waals surface area (Å²) in [6.07, 6.45) is 6.44. The van der Waals surface area contributed by atoms with Gasteiger partial charge in [0.1, 0.15) is 0 Å². The maximum Gasteiger partial charge on any atom is 0.191 e. The van der Waals surface area contributed by atoms with E-state index >= 15 is 0 Å². The first-order valence-electron chi connectivity index (χ1n) is 10.6. The number of rotatable bonds is 6. The summed E-state index contributed by atoms with van der Waals surface area (Å²) in [4.78, 5) is 7.41. The zero-order valence-corrected chi connectivity index (χ0v) is 17.0. The average Bonchev–Trinajstić information content (AvgIpc) is 2.77. The van der Waals surface area contributed by atoms with Crippen molar-refractivity contribution in [1.29, 1.82) is 5.26 Å². The lowest BCUT2D eigenvalue weighted by molar-refractivity contribution is -0.0352. The van der Waals surface area contributed by atoms with Gasteiger partial charge in [0.15, 0.2) is 5.96 Å². The van der Waals surface area contributed by atoms with Crippen LogP contribution in [0.1, 0.15) is 50.2 Å². The molecule has 0 unspecified atom stereocenters. The van der Waals surface area contributed by atoms with Crippen LogP contribution in [-0.4, -0.2) is 55.8 Å². The fourth-order valence-corrected chi connectivity index (χ4v) is 4.30. The third-order valence-electron chi connectivity index (χ3n) is 5.90. The Bertz CT molecular complexity index is 667. The largest absolute Gasteiger partial charge is 0.379 e. The van der Waals surface area contributed by atoms with Crippen LogP contribution in [0.5, 0.6) is 0 Å². The molecular weight excluding hydrogens is 350 g/mol. The van der Waals surface area contributed by atoms with Crippen molar-refractivity contribution in [1.82, 2.24) is 15.5 Å². The molecule has 0 atom stereocenters. The molecule has 1 aromatic rings. The zero-order valence-electron chi connectivity index (χ0n) is 17.0. The lowest BCUT2D eigenvalue weighted by Crippen LogP contribution is -2.60. The Morgan fingerprint density at radius 3 is 2.50 bits per heavy atom. The highest BCUT2D eigenvalue weighted by Crippen LogP contribution is 2.33. The van der Waals surface area contributed by atoms with Gasteiger partial charge in [0.05, 0.1) is 31.4 Å². The zero-order chi connectivity index (χ0) is 19.7. The second-order valence-corrected chi connectivity index (χ2v) is 7.74. The second-order valence-electron chi connectivity index (χ2n) is 7.74. The van der Waals surface area contributed by atoms with E-state index in [4.69, 9.17) is 15.0 Å². The van der Waals surface area contributed by atoms with Crippen molar-refractivity contribution in [2.24, 2.45) is 4.99 Å². The first-order chi connectivity index (χ1) is 13.8. The Kier molecular flexibility index (Phi) is 7.70. The van der Waals surface area contributed by atoms with E-state index < -0.39 is 0 Å². The Labute approximate surface area is 169 Å². The summed E-state index contributed by atoms with van der Waals surface area (Å²) in [6.45, 7) is 8.20. The van der Waals surface area contributed by atoms with Gasteiger partial charge in [-0.2, -0.15) is 5.26 Å². The van der Waals surface area contributed by atoms with Gasteiger partial charge in [-0.3, -0.25) is 4.90 Å². The molecular formula is C22H33N5O. The molecule has 2 aliphatic rings. The highest BCUT2D eigenvalue weighted by atomic mass is 16.5. The third-order valence-corrected chi connectivity index (χ3v) is 5.90. The summed E-state index contributed by atoms with van der Waals surface area (Å²) >= 11 is 0. The lowest BCUT2D eigenvalue weighted by Gasteiger charge is -2.48. The molecule has 0 spiro atoms. The van der Waals surface area contributed by atoms with Gasteiger partial charge in [0, 0.05) is 31.7 Å². The summed E-state index contributed by atoms with van der Waals surface area (Å²) in [7, 11) is 0. The Morgan fingerprint density at radius 1 is 1.14 bits per heavy atom. The number of nitrogens with zero attached hydrogens (tertiary/aromatic N) is 3. The number of aliphatic imine (C=N–C) groups is 1. The number of hydrogen-bond donors (Lipinski definition) is 2. The quantitative estimate of drug-likeness (QED) is 0.584. The first-order valence-corrected chi connectivity index (χ1v) is 10.6. The van der Waals surface area contributed by atoms with Crippen LogP contribution in [0.15, 0.2) is 29.3 Å². The smallest absolute Gasteiger partial charge is 0.191 e. The molecule has 3 rings (SSSR count). The van der Waals surface area contributed by atoms with Gasteiger partial charge < -0.3 is 15.4 Å². The molecule has 2 fully saturated rings. The van der Waals surface area contributed by atoms with Crippen LogP contribution in [0.2, 0.25) is 0 Å². The maximum absolute atomic E-state index is 8.93. The van der Waals surface area contributed by atoms with E-state index in [0.717, 1.165) is 50.9 Å². The lowest BCUT2D eigenvalue weighted by atomic mass is 9.80. The highest BCUT2D eigenvalue weighted by molar-refractivity contribution is 5.79. The molecule has 0 bridgehead atoms. The van der Waals surface area contributed by atoms with Crippen molar-refractivity contribution in [3.8, 4) is 6.07 Å². The van der Waals surface area contributed by atoms with Gasteiger partial charge in [0.2, 0.25) is 0 Å². The van der Waals surface area contributed by atoms with Crippen LogP contribution in [-0.2, 0) is 11.3 Å². The molecule has 6 heteroatoms. The van der Waals surface area contributed by atoms with Crippen LogP contribution < -0.4 is 10.6 Å². The Balaban J connectivity index is 1.64. The van der Waals surface area contributed by atoms with E-state index in [1.165, 1.54) is 32.1 Å². The van der Waals surface area contributed by atoms with Crippen molar-refractivity contribution in [2.45, 2.75) is 51.1 Å². The molecule has 1 heterocycles. The normalized spacial score (nSPS) is 20.4. The minimum Gasteiger partial charge on any atom is -0.379 e. The molecule has 0 aromatic heterocycles. The van der Waals surface area contributed by atoms with E-state index in [1.54, 1.807) is 0 Å². The molecule has 1 saturated heterocycles. The van der Waals surface area contributed by atoms with Crippen LogP contribution in [0, 0.1) is 11.3 Å². The topological polar surface area (TPSA) is 72.7 Å². The predicted molar refractivity (Wildman–Crippen MR) is 112 cm³/mol. The van der Waals surface area contributed by atoms with Crippen molar-refractivity contribution in [2.75, 3.05) is 39.4 Å². The summed E-state index contributed by atoms with van der Waals surface area (Å²) in [5, 5.41) is 15.9. The summed E-state index contributed by atoms with van der Waals surface area (Å²) < 4.78 is 5.59. The number of guanidine groups is 1. The van der Waals surface area contributed by atoms with Crippen molar-refractivity contribution >= 4 is 5.96 Å². The molecule has 28 heavy (non-hydrogen) atoms. The van der Waals surface area contributed by atoms with Gasteiger partial charge in [0.25, 0.3) is 0 Å². The summed E-state index contributed by atoms with van der Waals surface area (Å²) in [5.74, 6) is 0.866. The first kappa shape index (κ1) is 20.6. The van der Waals surface area contributed by atoms with E-state index in [0.29, 0.717) is 12.1 Å². The second kappa shape index (κ2) is 10.4. The number of hydrogen-bond acceptors (Lipinski definition) is 4. The van der Waals surface area contributed by atoms with Crippen molar-refractivity contribution in [3.63, 3.8) is 0 Å². The molecule has 1 aliphatic heterocycles. The van der Waals surface area contributed by atoms with E-state index in [9.17, 15) is 0 Å². The number of ether oxygens (including phenoxy) is 1. The number of nitrogens with one attached hydrogen (secondary N) is 2. The Morgan fingerprint density at radius 2 is 1.86 bits per heavy atom. The molecule has 152 valence electrons. The number of nitriles is 1. The molecule has 1 aliphatic carbocycles. The molecule has 1 aromatic carbocycles. The summed E-state index contributed by atoms with van der Waals surface area (Å²) in [5.41, 5.74) is 2.01. The number of morpholine rings is 1. The standard InChI is InChI=1S/C22H33N5O/c1-2-24-21(25-17-20-8-6-19(16-23)7-9-20)26-18-22(10-4-3-5-11-22)27-12-14-28-15-13-27/h6-9H,2-5,10-15,17-18H2,1H3,(H2,24,25,26). The van der Waals surface area contributed by atoms with E-state index in [1.807, 2.05) is 24.3 Å². The fraction of sp³-hybridized carbons (Fsp3) is 0.636. The summed E-state index contributed by atoms with van der Waals surface area (Å²) in [6, 6.07) is 9.80. The van der Waals surface area contributed by atoms with Crippen LogP contribution in [0.4, 0.5) is 0 Å². The van der Waals surface area contributed by atoms with Crippen molar-refractivity contribution in [3.05, 3.63) is 35.4 Å². The minimum atomic E-state index is 0.215. The maximum atomic E-state index is 8.93. The van der Waals surface area contributed by atoms with E-state index in [2.05, 4.69) is 28.5 Å². The SMILES string of the molecule is CCNC(=NCc1ccc(C#N)cc1)NCC1(N2CCOCC2)CCCCC1. The third kappa shape index (κ3) is 5.46. The van der Waals surface area contributed by atoms with Gasteiger partial charge in [-0.1, -0.05) is 31.4 Å². The molecule has 0 amide bonds. The van der Waals surface area contributed by atoms with E-state index in [-0.39, 0.29) is 5.54 Å². The minimum absolute atomic E-state index is 0.215. The van der Waals surface area contributed by atoms with Gasteiger partial charge in [-0.25, -0.2) is 4.99 Å². The fourth-order valence-electron chi connectivity index (χ4n) is 4.30. The molecule has 2 N–H and O–H groups in total. The average molecular weight is 384 g/mol. The monoisotopic (exact) mass is 383 g/mol. The van der Waals surface area contributed by atoms with Crippen molar-refractivity contribution < 1.29 is 4.74 Å². The highest BCUT2D eigenvalue weighted by Gasteiger charge is 2.38. The molecule has 0 radical (unpaired) electrons. The van der Waals surface area contributed by atoms with Gasteiger partial charge in [-0.05, 0) is 37.5 Å². The molecule has 1 saturated carbocycles. The van der Waals surface area contributed by atoms with Gasteiger partial charge in [-0.15, -0.1) is 0 Å². The predicted octanol–water partition coefficient (Wildman–Crippen LogP) is 2.65.